The van der Waals surface area contributed by atoms with Gasteiger partial charge < -0.3 is 14.8 Å². The quantitative estimate of drug-likeness (QED) is 0.795. The molecule has 1 amide bonds. The van der Waals surface area contributed by atoms with E-state index < -0.39 is 0 Å². The zero-order valence-electron chi connectivity index (χ0n) is 15.5. The van der Waals surface area contributed by atoms with Crippen molar-refractivity contribution in [2.24, 2.45) is 0 Å². The fourth-order valence-electron chi connectivity index (χ4n) is 3.93. The molecule has 0 saturated heterocycles. The van der Waals surface area contributed by atoms with E-state index >= 15 is 0 Å². The number of hydrogen-bond donors (Lipinski definition) is 1. The standard InChI is InChI=1S/C21H24N2O3S/c1-15-23-17(13-27-15)5-7-20(24)22-14-21(8-2-3-9-21)16-4-6-18-19(12-16)26-11-10-25-18/h4-7,12-13H,2-3,8-11,14H2,1H3,(H,22,24)/b7-5+. The summed E-state index contributed by atoms with van der Waals surface area (Å²) in [5.41, 5.74) is 2.02. The Bertz CT molecular complexity index is 853. The largest absolute Gasteiger partial charge is 0.486 e. The molecule has 0 radical (unpaired) electrons. The Hall–Kier alpha value is -2.34. The first-order chi connectivity index (χ1) is 13.1. The van der Waals surface area contributed by atoms with Crippen LogP contribution in [0.2, 0.25) is 0 Å². The topological polar surface area (TPSA) is 60.5 Å². The van der Waals surface area contributed by atoms with Gasteiger partial charge in [0.05, 0.1) is 10.7 Å². The van der Waals surface area contributed by atoms with Crippen molar-refractivity contribution in [3.63, 3.8) is 0 Å². The molecule has 0 unspecified atom stereocenters. The highest BCUT2D eigenvalue weighted by Gasteiger charge is 2.36. The second-order valence-electron chi connectivity index (χ2n) is 7.19. The van der Waals surface area contributed by atoms with Gasteiger partial charge in [0.25, 0.3) is 0 Å². The number of nitrogens with one attached hydrogen (secondary N) is 1. The fraction of sp³-hybridized carbons (Fsp3) is 0.429. The lowest BCUT2D eigenvalue weighted by molar-refractivity contribution is -0.116. The maximum Gasteiger partial charge on any atom is 0.244 e. The lowest BCUT2D eigenvalue weighted by Crippen LogP contribution is -2.38. The number of thiazole rings is 1. The number of rotatable bonds is 5. The number of carbonyl (C=O) groups is 1. The van der Waals surface area contributed by atoms with Crippen LogP contribution in [0.1, 0.15) is 41.9 Å². The Morgan fingerprint density at radius 1 is 1.26 bits per heavy atom. The van der Waals surface area contributed by atoms with Gasteiger partial charge in [0, 0.05) is 23.4 Å². The first-order valence-corrected chi connectivity index (χ1v) is 10.3. The van der Waals surface area contributed by atoms with Crippen LogP contribution in [-0.2, 0) is 10.2 Å². The molecule has 2 heterocycles. The molecule has 4 rings (SSSR count). The molecule has 0 bridgehead atoms. The molecular formula is C21H24N2O3S. The third-order valence-corrected chi connectivity index (χ3v) is 6.15. The summed E-state index contributed by atoms with van der Waals surface area (Å²) in [5.74, 6) is 1.54. The van der Waals surface area contributed by atoms with E-state index in [0.717, 1.165) is 35.0 Å². The molecule has 1 aromatic heterocycles. The first kappa shape index (κ1) is 18.0. The zero-order chi connectivity index (χ0) is 18.7. The van der Waals surface area contributed by atoms with Crippen molar-refractivity contribution in [3.05, 3.63) is 45.9 Å². The van der Waals surface area contributed by atoms with E-state index in [1.54, 1.807) is 23.5 Å². The van der Waals surface area contributed by atoms with Gasteiger partial charge in [0.2, 0.25) is 5.91 Å². The lowest BCUT2D eigenvalue weighted by Gasteiger charge is -2.31. The van der Waals surface area contributed by atoms with Crippen molar-refractivity contribution >= 4 is 23.3 Å². The predicted octanol–water partition coefficient (Wildman–Crippen LogP) is 3.86. The molecule has 2 aromatic rings. The average Bonchev–Trinajstić information content (AvgIpc) is 3.34. The molecule has 1 N–H and O–H groups in total. The molecule has 2 aliphatic rings. The van der Waals surface area contributed by atoms with Crippen LogP contribution in [0.15, 0.2) is 29.7 Å². The van der Waals surface area contributed by atoms with Gasteiger partial charge in [-0.3, -0.25) is 4.79 Å². The molecule has 1 saturated carbocycles. The van der Waals surface area contributed by atoms with Crippen molar-refractivity contribution in [2.45, 2.75) is 38.0 Å². The number of aromatic nitrogens is 1. The Balaban J connectivity index is 1.46. The monoisotopic (exact) mass is 384 g/mol. The summed E-state index contributed by atoms with van der Waals surface area (Å²) < 4.78 is 11.4. The molecule has 1 aliphatic heterocycles. The third-order valence-electron chi connectivity index (χ3n) is 5.36. The van der Waals surface area contributed by atoms with Crippen molar-refractivity contribution in [3.8, 4) is 11.5 Å². The fourth-order valence-corrected chi connectivity index (χ4v) is 4.51. The predicted molar refractivity (Wildman–Crippen MR) is 106 cm³/mol. The van der Waals surface area contributed by atoms with E-state index in [1.165, 1.54) is 18.4 Å². The summed E-state index contributed by atoms with van der Waals surface area (Å²) in [6.45, 7) is 3.77. The molecule has 1 aromatic carbocycles. The number of fused-ring (bicyclic) bond motifs is 1. The second-order valence-corrected chi connectivity index (χ2v) is 8.25. The molecule has 1 aliphatic carbocycles. The van der Waals surface area contributed by atoms with E-state index in [1.807, 2.05) is 18.4 Å². The summed E-state index contributed by atoms with van der Waals surface area (Å²) in [4.78, 5) is 16.7. The molecule has 1 fully saturated rings. The Morgan fingerprint density at radius 3 is 2.78 bits per heavy atom. The maximum atomic E-state index is 12.3. The number of nitrogens with zero attached hydrogens (tertiary/aromatic N) is 1. The highest BCUT2D eigenvalue weighted by atomic mass is 32.1. The van der Waals surface area contributed by atoms with Gasteiger partial charge in [-0.15, -0.1) is 11.3 Å². The minimum Gasteiger partial charge on any atom is -0.486 e. The van der Waals surface area contributed by atoms with Gasteiger partial charge in [-0.2, -0.15) is 0 Å². The van der Waals surface area contributed by atoms with Crippen molar-refractivity contribution in [1.82, 2.24) is 10.3 Å². The molecule has 142 valence electrons. The Labute approximate surface area is 163 Å². The van der Waals surface area contributed by atoms with Crippen LogP contribution >= 0.6 is 11.3 Å². The number of amides is 1. The van der Waals surface area contributed by atoms with Crippen LogP contribution in [-0.4, -0.2) is 30.6 Å². The number of ether oxygens (including phenoxy) is 2. The summed E-state index contributed by atoms with van der Waals surface area (Å²) in [6, 6.07) is 6.22. The van der Waals surface area contributed by atoms with Gasteiger partial charge >= 0.3 is 0 Å². The second kappa shape index (κ2) is 7.72. The average molecular weight is 385 g/mol. The Kier molecular flexibility index (Phi) is 5.16. The number of benzene rings is 1. The van der Waals surface area contributed by atoms with Crippen LogP contribution in [0.4, 0.5) is 0 Å². The minimum atomic E-state index is -0.0792. The van der Waals surface area contributed by atoms with Gasteiger partial charge in [-0.25, -0.2) is 4.98 Å². The molecule has 0 atom stereocenters. The normalized spacial score (nSPS) is 18.0. The third kappa shape index (κ3) is 4.00. The minimum absolute atomic E-state index is 0.0312. The van der Waals surface area contributed by atoms with Gasteiger partial charge in [0.15, 0.2) is 11.5 Å². The first-order valence-electron chi connectivity index (χ1n) is 9.43. The van der Waals surface area contributed by atoms with Crippen LogP contribution < -0.4 is 14.8 Å². The Morgan fingerprint density at radius 2 is 2.04 bits per heavy atom. The van der Waals surface area contributed by atoms with Crippen LogP contribution in [0.5, 0.6) is 11.5 Å². The van der Waals surface area contributed by atoms with E-state index in [0.29, 0.717) is 19.8 Å². The lowest BCUT2D eigenvalue weighted by atomic mass is 9.78. The molecule has 0 spiro atoms. The summed E-state index contributed by atoms with van der Waals surface area (Å²) in [6.07, 6.45) is 7.84. The van der Waals surface area contributed by atoms with E-state index in [9.17, 15) is 4.79 Å². The number of carbonyl (C=O) groups excluding carboxylic acids is 1. The van der Waals surface area contributed by atoms with Gasteiger partial charge in [-0.1, -0.05) is 18.9 Å². The van der Waals surface area contributed by atoms with E-state index in [-0.39, 0.29) is 11.3 Å². The smallest absolute Gasteiger partial charge is 0.244 e. The molecular weight excluding hydrogens is 360 g/mol. The van der Waals surface area contributed by atoms with Gasteiger partial charge in [0.1, 0.15) is 13.2 Å². The summed E-state index contributed by atoms with van der Waals surface area (Å²) in [7, 11) is 0. The van der Waals surface area contributed by atoms with Crippen molar-refractivity contribution in [1.29, 1.82) is 0 Å². The van der Waals surface area contributed by atoms with Crippen molar-refractivity contribution < 1.29 is 14.3 Å². The highest BCUT2D eigenvalue weighted by Crippen LogP contribution is 2.43. The van der Waals surface area contributed by atoms with Crippen LogP contribution in [0, 0.1) is 6.92 Å². The maximum absolute atomic E-state index is 12.3. The van der Waals surface area contributed by atoms with Crippen molar-refractivity contribution in [2.75, 3.05) is 19.8 Å². The van der Waals surface area contributed by atoms with Crippen LogP contribution in [0.3, 0.4) is 0 Å². The molecule has 5 nitrogen and oxygen atoms in total. The number of hydrogen-bond acceptors (Lipinski definition) is 5. The van der Waals surface area contributed by atoms with Crippen LogP contribution in [0.25, 0.3) is 6.08 Å². The highest BCUT2D eigenvalue weighted by molar-refractivity contribution is 7.09. The number of aryl methyl sites for hydroxylation is 1. The van der Waals surface area contributed by atoms with E-state index in [4.69, 9.17) is 9.47 Å². The zero-order valence-corrected chi connectivity index (χ0v) is 16.3. The summed E-state index contributed by atoms with van der Waals surface area (Å²) >= 11 is 1.58. The SMILES string of the molecule is Cc1nc(/C=C/C(=O)NCC2(c3ccc4c(c3)OCCO4)CCCC2)cs1. The molecule has 6 heteroatoms. The van der Waals surface area contributed by atoms with E-state index in [2.05, 4.69) is 22.4 Å². The van der Waals surface area contributed by atoms with Gasteiger partial charge in [-0.05, 0) is 43.5 Å². The summed E-state index contributed by atoms with van der Waals surface area (Å²) in [5, 5.41) is 6.05. The molecule has 27 heavy (non-hydrogen) atoms.